The highest BCUT2D eigenvalue weighted by Gasteiger charge is 2.06. The summed E-state index contributed by atoms with van der Waals surface area (Å²) >= 11 is 14.8. The van der Waals surface area contributed by atoms with Crippen LogP contribution in [0.4, 0.5) is 5.69 Å². The third-order valence-corrected chi connectivity index (χ3v) is 5.19. The quantitative estimate of drug-likeness (QED) is 0.836. The zero-order valence-electron chi connectivity index (χ0n) is 10.7. The van der Waals surface area contributed by atoms with E-state index in [9.17, 15) is 4.79 Å². The Morgan fingerprint density at radius 3 is 2.76 bits per heavy atom. The summed E-state index contributed by atoms with van der Waals surface area (Å²) in [7, 11) is 0. The van der Waals surface area contributed by atoms with Crippen LogP contribution in [0.2, 0.25) is 9.36 Å². The van der Waals surface area contributed by atoms with E-state index in [2.05, 4.69) is 5.32 Å². The molecule has 0 radical (unpaired) electrons. The lowest BCUT2D eigenvalue weighted by Crippen LogP contribution is -2.14. The molecule has 0 spiro atoms. The van der Waals surface area contributed by atoms with Crippen LogP contribution in [0.15, 0.2) is 30.3 Å². The van der Waals surface area contributed by atoms with Crippen molar-refractivity contribution in [3.8, 4) is 6.07 Å². The van der Waals surface area contributed by atoms with E-state index >= 15 is 0 Å². The van der Waals surface area contributed by atoms with Gasteiger partial charge in [0.15, 0.2) is 0 Å². The van der Waals surface area contributed by atoms with Crippen LogP contribution in [0.1, 0.15) is 10.4 Å². The van der Waals surface area contributed by atoms with Crippen molar-refractivity contribution in [2.45, 2.75) is 5.75 Å². The Kier molecular flexibility index (Phi) is 5.95. The molecule has 0 aliphatic rings. The lowest BCUT2D eigenvalue weighted by atomic mass is 10.2. The summed E-state index contributed by atoms with van der Waals surface area (Å²) in [6.45, 7) is 0. The highest BCUT2D eigenvalue weighted by atomic mass is 35.5. The number of benzene rings is 1. The molecule has 0 bridgehead atoms. The zero-order chi connectivity index (χ0) is 15.2. The first-order valence-electron chi connectivity index (χ1n) is 5.90. The summed E-state index contributed by atoms with van der Waals surface area (Å²) in [5.74, 6) is 0.981. The third kappa shape index (κ3) is 4.94. The van der Waals surface area contributed by atoms with E-state index in [0.717, 1.165) is 15.0 Å². The Morgan fingerprint density at radius 2 is 2.14 bits per heavy atom. The van der Waals surface area contributed by atoms with E-state index in [4.69, 9.17) is 28.5 Å². The van der Waals surface area contributed by atoms with Crippen molar-refractivity contribution in [2.75, 3.05) is 11.1 Å². The average Bonchev–Trinajstić information content (AvgIpc) is 2.84. The molecule has 1 aromatic carbocycles. The van der Waals surface area contributed by atoms with Gasteiger partial charge in [-0.2, -0.15) is 5.26 Å². The van der Waals surface area contributed by atoms with Crippen LogP contribution in [-0.4, -0.2) is 11.7 Å². The van der Waals surface area contributed by atoms with Crippen LogP contribution in [0.3, 0.4) is 0 Å². The maximum absolute atomic E-state index is 11.8. The number of thioether (sulfide) groups is 1. The Balaban J connectivity index is 1.82. The van der Waals surface area contributed by atoms with Gasteiger partial charge in [-0.15, -0.1) is 23.1 Å². The summed E-state index contributed by atoms with van der Waals surface area (Å²) in [6, 6.07) is 10.6. The van der Waals surface area contributed by atoms with Crippen molar-refractivity contribution in [1.82, 2.24) is 0 Å². The predicted octanol–water partition coefficient (Wildman–Crippen LogP) is 4.80. The normalized spacial score (nSPS) is 10.1. The molecule has 1 N–H and O–H groups in total. The predicted molar refractivity (Wildman–Crippen MR) is 90.3 cm³/mol. The SMILES string of the molecule is N#Cc1ccc(NC(=O)CSCc2ccc(Cl)s2)cc1Cl. The fraction of sp³-hybridized carbons (Fsp3) is 0.143. The standard InChI is InChI=1S/C14H10Cl2N2OS2/c15-12-5-10(2-1-9(12)6-17)18-14(19)8-20-7-11-3-4-13(16)21-11/h1-5H,7-8H2,(H,18,19). The monoisotopic (exact) mass is 356 g/mol. The summed E-state index contributed by atoms with van der Waals surface area (Å²) in [5.41, 5.74) is 0.974. The number of nitriles is 1. The fourth-order valence-corrected chi connectivity index (χ4v) is 3.80. The van der Waals surface area contributed by atoms with E-state index in [1.807, 2.05) is 18.2 Å². The van der Waals surface area contributed by atoms with Crippen molar-refractivity contribution < 1.29 is 4.79 Å². The van der Waals surface area contributed by atoms with Gasteiger partial charge in [-0.25, -0.2) is 0 Å². The van der Waals surface area contributed by atoms with Crippen molar-refractivity contribution in [3.05, 3.63) is 50.1 Å². The molecule has 3 nitrogen and oxygen atoms in total. The second kappa shape index (κ2) is 7.71. The molecule has 2 aromatic rings. The van der Waals surface area contributed by atoms with E-state index in [1.165, 1.54) is 23.1 Å². The third-order valence-electron chi connectivity index (χ3n) is 2.48. The van der Waals surface area contributed by atoms with Gasteiger partial charge in [0.1, 0.15) is 6.07 Å². The number of carbonyl (C=O) groups excluding carboxylic acids is 1. The number of thiophene rings is 1. The molecular formula is C14H10Cl2N2OS2. The Bertz CT molecular complexity index is 695. The zero-order valence-corrected chi connectivity index (χ0v) is 13.9. The lowest BCUT2D eigenvalue weighted by Gasteiger charge is -2.06. The lowest BCUT2D eigenvalue weighted by molar-refractivity contribution is -0.113. The van der Waals surface area contributed by atoms with Gasteiger partial charge >= 0.3 is 0 Å². The molecule has 0 aliphatic carbocycles. The second-order valence-electron chi connectivity index (χ2n) is 4.05. The number of halogens is 2. The summed E-state index contributed by atoms with van der Waals surface area (Å²) in [5, 5.41) is 11.9. The maximum Gasteiger partial charge on any atom is 0.234 e. The molecule has 1 amide bonds. The molecule has 0 atom stereocenters. The van der Waals surface area contributed by atoms with Crippen molar-refractivity contribution in [3.63, 3.8) is 0 Å². The minimum absolute atomic E-state index is 0.108. The number of rotatable bonds is 5. The van der Waals surface area contributed by atoms with Gasteiger partial charge in [0.05, 0.1) is 20.7 Å². The average molecular weight is 357 g/mol. The molecule has 1 heterocycles. The number of anilines is 1. The first-order chi connectivity index (χ1) is 10.1. The Labute approximate surface area is 140 Å². The molecular weight excluding hydrogens is 347 g/mol. The summed E-state index contributed by atoms with van der Waals surface area (Å²) < 4.78 is 0.752. The van der Waals surface area contributed by atoms with E-state index in [0.29, 0.717) is 22.0 Å². The maximum atomic E-state index is 11.8. The topological polar surface area (TPSA) is 52.9 Å². The largest absolute Gasteiger partial charge is 0.325 e. The van der Waals surface area contributed by atoms with Crippen LogP contribution in [0.25, 0.3) is 0 Å². The Hall–Kier alpha value is -1.19. The highest BCUT2D eigenvalue weighted by molar-refractivity contribution is 7.99. The minimum Gasteiger partial charge on any atom is -0.325 e. The minimum atomic E-state index is -0.108. The van der Waals surface area contributed by atoms with Gasteiger partial charge in [-0.1, -0.05) is 23.2 Å². The number of hydrogen-bond donors (Lipinski definition) is 1. The van der Waals surface area contributed by atoms with Crippen LogP contribution in [-0.2, 0) is 10.5 Å². The molecule has 21 heavy (non-hydrogen) atoms. The van der Waals surface area contributed by atoms with Crippen LogP contribution >= 0.6 is 46.3 Å². The molecule has 1 aromatic heterocycles. The molecule has 0 aliphatic heterocycles. The van der Waals surface area contributed by atoms with Gasteiger partial charge in [-0.3, -0.25) is 4.79 Å². The molecule has 108 valence electrons. The van der Waals surface area contributed by atoms with Gasteiger partial charge < -0.3 is 5.32 Å². The van der Waals surface area contributed by atoms with E-state index in [1.54, 1.807) is 18.2 Å². The van der Waals surface area contributed by atoms with Crippen LogP contribution in [0, 0.1) is 11.3 Å². The Morgan fingerprint density at radius 1 is 1.33 bits per heavy atom. The summed E-state index contributed by atoms with van der Waals surface area (Å²) in [6.07, 6.45) is 0. The number of nitrogens with one attached hydrogen (secondary N) is 1. The summed E-state index contributed by atoms with van der Waals surface area (Å²) in [4.78, 5) is 12.9. The first kappa shape index (κ1) is 16.2. The van der Waals surface area contributed by atoms with Gasteiger partial charge in [0.25, 0.3) is 0 Å². The second-order valence-corrected chi connectivity index (χ2v) is 7.25. The number of carbonyl (C=O) groups is 1. The molecule has 0 unspecified atom stereocenters. The van der Waals surface area contributed by atoms with Crippen molar-refractivity contribution in [2.24, 2.45) is 0 Å². The molecule has 0 saturated heterocycles. The van der Waals surface area contributed by atoms with Gasteiger partial charge in [0, 0.05) is 16.3 Å². The molecule has 0 saturated carbocycles. The number of amides is 1. The van der Waals surface area contributed by atoms with Gasteiger partial charge in [-0.05, 0) is 30.3 Å². The van der Waals surface area contributed by atoms with E-state index < -0.39 is 0 Å². The number of hydrogen-bond acceptors (Lipinski definition) is 4. The number of nitrogens with zero attached hydrogens (tertiary/aromatic N) is 1. The van der Waals surface area contributed by atoms with Crippen molar-refractivity contribution >= 4 is 57.9 Å². The molecule has 2 rings (SSSR count). The van der Waals surface area contributed by atoms with Crippen LogP contribution in [0.5, 0.6) is 0 Å². The highest BCUT2D eigenvalue weighted by Crippen LogP contribution is 2.25. The smallest absolute Gasteiger partial charge is 0.234 e. The molecule has 0 fully saturated rings. The molecule has 7 heteroatoms. The first-order valence-corrected chi connectivity index (χ1v) is 8.62. The fourth-order valence-electron chi connectivity index (χ4n) is 1.55. The van der Waals surface area contributed by atoms with E-state index in [-0.39, 0.29) is 5.91 Å². The van der Waals surface area contributed by atoms with Gasteiger partial charge in [0.2, 0.25) is 5.91 Å². The van der Waals surface area contributed by atoms with Crippen LogP contribution < -0.4 is 5.32 Å². The van der Waals surface area contributed by atoms with Crippen molar-refractivity contribution in [1.29, 1.82) is 5.26 Å².